The monoisotopic (exact) mass is 210 g/mol. The molecule has 0 aromatic rings. The maximum absolute atomic E-state index is 9.70. The maximum atomic E-state index is 9.70. The minimum Gasteiger partial charge on any atom is -0.396 e. The number of aliphatic hydroxyl groups excluding tert-OH is 1. The van der Waals surface area contributed by atoms with Gasteiger partial charge in [0.25, 0.3) is 0 Å². The van der Waals surface area contributed by atoms with E-state index in [1.807, 2.05) is 0 Å². The summed E-state index contributed by atoms with van der Waals surface area (Å²) in [5.41, 5.74) is 1.39. The summed E-state index contributed by atoms with van der Waals surface area (Å²) in [5.74, 6) is 1.43. The third kappa shape index (κ3) is 1.38. The zero-order valence-corrected chi connectivity index (χ0v) is 10.2. The Morgan fingerprint density at radius 3 is 2.73 bits per heavy atom. The summed E-state index contributed by atoms with van der Waals surface area (Å²) in [6.07, 6.45) is 2.63. The first-order chi connectivity index (χ1) is 7.03. The molecule has 1 saturated heterocycles. The van der Waals surface area contributed by atoms with Crippen LogP contribution in [0, 0.1) is 23.2 Å². The van der Waals surface area contributed by atoms with Crippen molar-refractivity contribution in [3.63, 3.8) is 0 Å². The van der Waals surface area contributed by atoms with Crippen LogP contribution in [-0.4, -0.2) is 24.4 Å². The van der Waals surface area contributed by atoms with E-state index in [2.05, 4.69) is 33.8 Å². The lowest BCUT2D eigenvalue weighted by atomic mass is 9.56. The first-order valence-corrected chi connectivity index (χ1v) is 5.93. The van der Waals surface area contributed by atoms with Crippen molar-refractivity contribution in [3.8, 4) is 0 Å². The van der Waals surface area contributed by atoms with Crippen LogP contribution in [0.25, 0.3) is 0 Å². The lowest BCUT2D eigenvalue weighted by molar-refractivity contribution is -0.157. The molecule has 15 heavy (non-hydrogen) atoms. The van der Waals surface area contributed by atoms with E-state index < -0.39 is 0 Å². The molecular formula is C13H22O2. The summed E-state index contributed by atoms with van der Waals surface area (Å²) in [6, 6.07) is 0. The predicted octanol–water partition coefficient (Wildman–Crippen LogP) is 2.23. The standard InChI is InChI=1S/C13H22O2/c1-8-5-9(2)13(6-14)7-15-11(4)12(8)10(13)3/h5,9-12,14H,6-7H2,1-4H3/t9-,10-,11+,12+,13+/m0/s1. The van der Waals surface area contributed by atoms with Gasteiger partial charge in [0, 0.05) is 11.3 Å². The zero-order valence-electron chi connectivity index (χ0n) is 10.2. The fourth-order valence-corrected chi connectivity index (χ4v) is 3.60. The van der Waals surface area contributed by atoms with Crippen LogP contribution in [0.15, 0.2) is 11.6 Å². The Labute approximate surface area is 92.3 Å². The Kier molecular flexibility index (Phi) is 2.68. The van der Waals surface area contributed by atoms with E-state index in [1.165, 1.54) is 5.57 Å². The maximum Gasteiger partial charge on any atom is 0.0615 e. The van der Waals surface area contributed by atoms with Crippen LogP contribution in [0.4, 0.5) is 0 Å². The van der Waals surface area contributed by atoms with E-state index in [-0.39, 0.29) is 12.0 Å². The number of rotatable bonds is 1. The summed E-state index contributed by atoms with van der Waals surface area (Å²) < 4.78 is 5.85. The molecule has 1 N–H and O–H groups in total. The number of ether oxygens (including phenoxy) is 1. The van der Waals surface area contributed by atoms with Gasteiger partial charge in [-0.05, 0) is 25.7 Å². The second kappa shape index (κ2) is 3.60. The van der Waals surface area contributed by atoms with Crippen LogP contribution in [0.2, 0.25) is 0 Å². The molecule has 86 valence electrons. The molecular weight excluding hydrogens is 188 g/mol. The Hall–Kier alpha value is -0.340. The minimum atomic E-state index is -0.0450. The molecule has 0 aromatic heterocycles. The molecule has 0 aromatic carbocycles. The second-order valence-corrected chi connectivity index (χ2v) is 5.42. The Morgan fingerprint density at radius 1 is 1.47 bits per heavy atom. The van der Waals surface area contributed by atoms with Crippen LogP contribution in [-0.2, 0) is 4.74 Å². The molecule has 0 spiro atoms. The highest BCUT2D eigenvalue weighted by molar-refractivity contribution is 5.20. The van der Waals surface area contributed by atoms with Gasteiger partial charge in [0.15, 0.2) is 0 Å². The summed E-state index contributed by atoms with van der Waals surface area (Å²) in [6.45, 7) is 9.76. The molecule has 0 unspecified atom stereocenters. The molecule has 0 radical (unpaired) electrons. The lowest BCUT2D eigenvalue weighted by Gasteiger charge is -2.54. The Balaban J connectivity index is 2.43. The molecule has 2 bridgehead atoms. The van der Waals surface area contributed by atoms with Gasteiger partial charge in [-0.1, -0.05) is 25.5 Å². The number of allylic oxidation sites excluding steroid dienone is 1. The lowest BCUT2D eigenvalue weighted by Crippen LogP contribution is -2.55. The van der Waals surface area contributed by atoms with Gasteiger partial charge in [0.05, 0.1) is 19.3 Å². The van der Waals surface area contributed by atoms with Gasteiger partial charge >= 0.3 is 0 Å². The molecule has 0 amide bonds. The number of hydrogen-bond acceptors (Lipinski definition) is 2. The van der Waals surface area contributed by atoms with E-state index in [0.717, 1.165) is 0 Å². The largest absolute Gasteiger partial charge is 0.396 e. The van der Waals surface area contributed by atoms with Crippen molar-refractivity contribution in [2.75, 3.05) is 13.2 Å². The molecule has 2 rings (SSSR count). The highest BCUT2D eigenvalue weighted by Crippen LogP contribution is 2.51. The molecule has 1 fully saturated rings. The molecule has 2 aliphatic rings. The van der Waals surface area contributed by atoms with Crippen molar-refractivity contribution in [2.24, 2.45) is 23.2 Å². The first kappa shape index (κ1) is 11.2. The van der Waals surface area contributed by atoms with Crippen LogP contribution in [0.3, 0.4) is 0 Å². The highest BCUT2D eigenvalue weighted by Gasteiger charge is 2.51. The van der Waals surface area contributed by atoms with E-state index in [1.54, 1.807) is 0 Å². The molecule has 1 aliphatic heterocycles. The smallest absolute Gasteiger partial charge is 0.0615 e. The number of aliphatic hydroxyl groups is 1. The molecule has 1 heterocycles. The predicted molar refractivity (Wildman–Crippen MR) is 60.5 cm³/mol. The van der Waals surface area contributed by atoms with Crippen molar-refractivity contribution in [3.05, 3.63) is 11.6 Å². The average Bonchev–Trinajstić information content (AvgIpc) is 2.17. The van der Waals surface area contributed by atoms with E-state index in [9.17, 15) is 5.11 Å². The Morgan fingerprint density at radius 2 is 2.13 bits per heavy atom. The van der Waals surface area contributed by atoms with Crippen LogP contribution in [0.1, 0.15) is 27.7 Å². The van der Waals surface area contributed by atoms with Crippen molar-refractivity contribution < 1.29 is 9.84 Å². The minimum absolute atomic E-state index is 0.0450. The third-order valence-corrected chi connectivity index (χ3v) is 4.81. The Bertz CT molecular complexity index is 284. The van der Waals surface area contributed by atoms with E-state index in [0.29, 0.717) is 30.5 Å². The van der Waals surface area contributed by atoms with E-state index in [4.69, 9.17) is 4.74 Å². The van der Waals surface area contributed by atoms with Gasteiger partial charge in [-0.3, -0.25) is 0 Å². The van der Waals surface area contributed by atoms with Crippen molar-refractivity contribution in [1.29, 1.82) is 0 Å². The molecule has 2 nitrogen and oxygen atoms in total. The van der Waals surface area contributed by atoms with E-state index >= 15 is 0 Å². The van der Waals surface area contributed by atoms with Gasteiger partial charge in [0.1, 0.15) is 0 Å². The normalized spacial score (nSPS) is 50.1. The third-order valence-electron chi connectivity index (χ3n) is 4.81. The van der Waals surface area contributed by atoms with Gasteiger partial charge in [-0.25, -0.2) is 0 Å². The molecule has 0 saturated carbocycles. The van der Waals surface area contributed by atoms with Crippen molar-refractivity contribution in [1.82, 2.24) is 0 Å². The quantitative estimate of drug-likeness (QED) is 0.673. The molecule has 2 heteroatoms. The van der Waals surface area contributed by atoms with Crippen molar-refractivity contribution >= 4 is 0 Å². The summed E-state index contributed by atoms with van der Waals surface area (Å²) in [7, 11) is 0. The SMILES string of the molecule is CC1=C[C@H](C)[C@@]2(CO)CO[C@H](C)[C@H]1[C@@H]2C. The summed E-state index contributed by atoms with van der Waals surface area (Å²) >= 11 is 0. The topological polar surface area (TPSA) is 29.5 Å². The molecule has 1 aliphatic carbocycles. The van der Waals surface area contributed by atoms with Crippen LogP contribution >= 0.6 is 0 Å². The van der Waals surface area contributed by atoms with Gasteiger partial charge in [0.2, 0.25) is 0 Å². The fraction of sp³-hybridized carbons (Fsp3) is 0.846. The average molecular weight is 210 g/mol. The fourth-order valence-electron chi connectivity index (χ4n) is 3.60. The zero-order chi connectivity index (χ0) is 11.2. The van der Waals surface area contributed by atoms with Crippen LogP contribution < -0.4 is 0 Å². The summed E-state index contributed by atoms with van der Waals surface area (Å²) in [5, 5.41) is 9.70. The van der Waals surface area contributed by atoms with Gasteiger partial charge in [-0.2, -0.15) is 0 Å². The first-order valence-electron chi connectivity index (χ1n) is 5.93. The van der Waals surface area contributed by atoms with Gasteiger partial charge in [-0.15, -0.1) is 0 Å². The van der Waals surface area contributed by atoms with Gasteiger partial charge < -0.3 is 9.84 Å². The number of fused-ring (bicyclic) bond motifs is 2. The second-order valence-electron chi connectivity index (χ2n) is 5.42. The summed E-state index contributed by atoms with van der Waals surface area (Å²) in [4.78, 5) is 0. The van der Waals surface area contributed by atoms with Crippen molar-refractivity contribution in [2.45, 2.75) is 33.8 Å². The molecule has 5 atom stereocenters. The number of hydrogen-bond donors (Lipinski definition) is 1. The highest BCUT2D eigenvalue weighted by atomic mass is 16.5. The van der Waals surface area contributed by atoms with Crippen LogP contribution in [0.5, 0.6) is 0 Å².